The number of rotatable bonds is 1. The molecule has 2 atom stereocenters. The summed E-state index contributed by atoms with van der Waals surface area (Å²) in [5.74, 6) is 7.46. The maximum Gasteiger partial charge on any atom is 0.208 e. The minimum Gasteiger partial charge on any atom is -0.342 e. The van der Waals surface area contributed by atoms with E-state index >= 15 is 0 Å². The number of hydrogen-bond donors (Lipinski definition) is 2. The van der Waals surface area contributed by atoms with Gasteiger partial charge in [0.1, 0.15) is 0 Å². The Hall–Kier alpha value is -0.810. The number of nitrogens with one attached hydrogen (secondary N) is 1. The van der Waals surface area contributed by atoms with E-state index < -0.39 is 0 Å². The first-order valence-electron chi connectivity index (χ1n) is 8.27. The standard InChI is InChI=1S/C15H29N5/c1-19-9-4-5-12-11-20(10-8-14(12)19)15(18-16)17-13-6-2-3-7-13/h12-14H,2-11,16H2,1H3,(H,17,18). The minimum absolute atomic E-state index is 0.493. The molecular formula is C15H29N5. The number of nitrogens with zero attached hydrogens (tertiary/aromatic N) is 3. The molecule has 5 nitrogen and oxygen atoms in total. The van der Waals surface area contributed by atoms with Crippen LogP contribution in [0.15, 0.2) is 4.99 Å². The highest BCUT2D eigenvalue weighted by atomic mass is 15.4. The van der Waals surface area contributed by atoms with E-state index in [1.165, 1.54) is 51.5 Å². The van der Waals surface area contributed by atoms with Gasteiger partial charge in [-0.05, 0) is 51.6 Å². The predicted octanol–water partition coefficient (Wildman–Crippen LogP) is 1.16. The van der Waals surface area contributed by atoms with Crippen LogP contribution in [0.5, 0.6) is 0 Å². The summed E-state index contributed by atoms with van der Waals surface area (Å²) in [6, 6.07) is 1.26. The van der Waals surface area contributed by atoms with Gasteiger partial charge in [0.15, 0.2) is 0 Å². The van der Waals surface area contributed by atoms with Crippen LogP contribution in [0.4, 0.5) is 0 Å². The van der Waals surface area contributed by atoms with E-state index in [0.717, 1.165) is 31.0 Å². The molecule has 3 rings (SSSR count). The summed E-state index contributed by atoms with van der Waals surface area (Å²) in [6.45, 7) is 3.46. The summed E-state index contributed by atoms with van der Waals surface area (Å²) in [4.78, 5) is 9.81. The summed E-state index contributed by atoms with van der Waals surface area (Å²) in [5, 5.41) is 0. The molecule has 0 aromatic carbocycles. The molecule has 5 heteroatoms. The first-order chi connectivity index (χ1) is 9.78. The van der Waals surface area contributed by atoms with Gasteiger partial charge in [-0.15, -0.1) is 0 Å². The maximum atomic E-state index is 5.74. The molecule has 1 saturated carbocycles. The lowest BCUT2D eigenvalue weighted by Gasteiger charge is -2.46. The number of hydrogen-bond acceptors (Lipinski definition) is 3. The van der Waals surface area contributed by atoms with Gasteiger partial charge in [-0.25, -0.2) is 10.8 Å². The molecule has 0 radical (unpaired) electrons. The Morgan fingerprint density at radius 2 is 1.90 bits per heavy atom. The average molecular weight is 279 g/mol. The van der Waals surface area contributed by atoms with E-state index in [4.69, 9.17) is 10.8 Å². The summed E-state index contributed by atoms with van der Waals surface area (Å²) >= 11 is 0. The van der Waals surface area contributed by atoms with Crippen LogP contribution < -0.4 is 11.3 Å². The van der Waals surface area contributed by atoms with Crippen molar-refractivity contribution in [3.8, 4) is 0 Å². The lowest BCUT2D eigenvalue weighted by atomic mass is 9.84. The molecule has 0 amide bonds. The van der Waals surface area contributed by atoms with Crippen LogP contribution in [0, 0.1) is 5.92 Å². The van der Waals surface area contributed by atoms with Gasteiger partial charge < -0.3 is 9.80 Å². The number of fused-ring (bicyclic) bond motifs is 1. The number of guanidine groups is 1. The van der Waals surface area contributed by atoms with Gasteiger partial charge in [-0.2, -0.15) is 0 Å². The Bertz CT molecular complexity index is 350. The lowest BCUT2D eigenvalue weighted by Crippen LogP contribution is -2.57. The number of likely N-dealkylation sites (tertiary alicyclic amines) is 2. The van der Waals surface area contributed by atoms with E-state index in [0.29, 0.717) is 6.04 Å². The van der Waals surface area contributed by atoms with Gasteiger partial charge in [0.05, 0.1) is 6.04 Å². The van der Waals surface area contributed by atoms with Crippen molar-refractivity contribution in [1.29, 1.82) is 0 Å². The average Bonchev–Trinajstić information content (AvgIpc) is 2.97. The zero-order chi connectivity index (χ0) is 13.9. The molecule has 3 fully saturated rings. The number of piperidine rings is 2. The Morgan fingerprint density at radius 3 is 2.65 bits per heavy atom. The third-order valence-corrected chi connectivity index (χ3v) is 5.40. The predicted molar refractivity (Wildman–Crippen MR) is 82.3 cm³/mol. The minimum atomic E-state index is 0.493. The zero-order valence-corrected chi connectivity index (χ0v) is 12.7. The molecule has 0 bridgehead atoms. The Morgan fingerprint density at radius 1 is 1.10 bits per heavy atom. The quantitative estimate of drug-likeness (QED) is 0.327. The van der Waals surface area contributed by atoms with Crippen LogP contribution in [-0.2, 0) is 0 Å². The highest BCUT2D eigenvalue weighted by molar-refractivity contribution is 5.79. The Kier molecular flexibility index (Phi) is 4.46. The van der Waals surface area contributed by atoms with Crippen molar-refractivity contribution >= 4 is 5.96 Å². The van der Waals surface area contributed by atoms with E-state index in [1.54, 1.807) is 0 Å². The van der Waals surface area contributed by atoms with Gasteiger partial charge in [-0.1, -0.05) is 12.8 Å². The highest BCUT2D eigenvalue weighted by Crippen LogP contribution is 2.30. The zero-order valence-electron chi connectivity index (χ0n) is 12.7. The van der Waals surface area contributed by atoms with Crippen LogP contribution >= 0.6 is 0 Å². The van der Waals surface area contributed by atoms with Gasteiger partial charge in [-0.3, -0.25) is 5.43 Å². The van der Waals surface area contributed by atoms with Gasteiger partial charge in [0.2, 0.25) is 5.96 Å². The van der Waals surface area contributed by atoms with Crippen molar-refractivity contribution in [2.24, 2.45) is 16.8 Å². The van der Waals surface area contributed by atoms with Crippen molar-refractivity contribution in [3.63, 3.8) is 0 Å². The topological polar surface area (TPSA) is 56.9 Å². The van der Waals surface area contributed by atoms with Gasteiger partial charge in [0, 0.05) is 19.1 Å². The molecule has 3 aliphatic rings. The summed E-state index contributed by atoms with van der Waals surface area (Å²) in [5.41, 5.74) is 2.87. The second-order valence-corrected chi connectivity index (χ2v) is 6.72. The van der Waals surface area contributed by atoms with Crippen LogP contribution in [0.1, 0.15) is 44.9 Å². The molecule has 0 spiro atoms. The summed E-state index contributed by atoms with van der Waals surface area (Å²) < 4.78 is 0. The lowest BCUT2D eigenvalue weighted by molar-refractivity contribution is 0.0619. The molecular weight excluding hydrogens is 250 g/mol. The molecule has 2 heterocycles. The molecule has 114 valence electrons. The third kappa shape index (κ3) is 2.93. The number of aliphatic imine (C=N–C) groups is 1. The third-order valence-electron chi connectivity index (χ3n) is 5.40. The van der Waals surface area contributed by atoms with Crippen molar-refractivity contribution in [2.45, 2.75) is 57.0 Å². The maximum absolute atomic E-state index is 5.74. The van der Waals surface area contributed by atoms with Gasteiger partial charge >= 0.3 is 0 Å². The molecule has 20 heavy (non-hydrogen) atoms. The van der Waals surface area contributed by atoms with Gasteiger partial charge in [0.25, 0.3) is 0 Å². The molecule has 0 aromatic heterocycles. The monoisotopic (exact) mass is 279 g/mol. The fourth-order valence-corrected chi connectivity index (χ4v) is 4.26. The van der Waals surface area contributed by atoms with E-state index in [9.17, 15) is 0 Å². The van der Waals surface area contributed by atoms with Crippen LogP contribution in [0.2, 0.25) is 0 Å². The van der Waals surface area contributed by atoms with Crippen molar-refractivity contribution < 1.29 is 0 Å². The molecule has 0 aromatic rings. The fraction of sp³-hybridized carbons (Fsp3) is 0.933. The second-order valence-electron chi connectivity index (χ2n) is 6.72. The Labute approximate surface area is 122 Å². The first kappa shape index (κ1) is 14.1. The molecule has 2 saturated heterocycles. The summed E-state index contributed by atoms with van der Waals surface area (Å²) in [6.07, 6.45) is 9.03. The number of nitrogens with two attached hydrogens (primary N) is 1. The van der Waals surface area contributed by atoms with Crippen molar-refractivity contribution in [3.05, 3.63) is 0 Å². The number of hydrazine groups is 1. The van der Waals surface area contributed by atoms with E-state index in [-0.39, 0.29) is 0 Å². The van der Waals surface area contributed by atoms with Crippen LogP contribution in [0.3, 0.4) is 0 Å². The molecule has 1 aliphatic carbocycles. The van der Waals surface area contributed by atoms with E-state index in [2.05, 4.69) is 22.3 Å². The van der Waals surface area contributed by atoms with Crippen molar-refractivity contribution in [1.82, 2.24) is 15.2 Å². The largest absolute Gasteiger partial charge is 0.342 e. The normalized spacial score (nSPS) is 33.3. The highest BCUT2D eigenvalue weighted by Gasteiger charge is 2.35. The van der Waals surface area contributed by atoms with Crippen LogP contribution in [-0.4, -0.2) is 54.5 Å². The Balaban J connectivity index is 1.64. The summed E-state index contributed by atoms with van der Waals surface area (Å²) in [7, 11) is 2.28. The molecule has 2 unspecified atom stereocenters. The molecule has 2 aliphatic heterocycles. The fourth-order valence-electron chi connectivity index (χ4n) is 4.26. The van der Waals surface area contributed by atoms with E-state index in [1.807, 2.05) is 0 Å². The molecule has 3 N–H and O–H groups in total. The van der Waals surface area contributed by atoms with Crippen LogP contribution in [0.25, 0.3) is 0 Å². The second kappa shape index (κ2) is 6.31. The smallest absolute Gasteiger partial charge is 0.208 e. The first-order valence-corrected chi connectivity index (χ1v) is 8.27. The SMILES string of the molecule is CN1CCCC2CN(C(=NC3CCCC3)NN)CCC21. The van der Waals surface area contributed by atoms with Crippen molar-refractivity contribution in [2.75, 3.05) is 26.7 Å².